The van der Waals surface area contributed by atoms with Crippen molar-refractivity contribution >= 4 is 43.9 Å². The first-order valence-electron chi connectivity index (χ1n) is 8.98. The molecule has 3 aromatic rings. The summed E-state index contributed by atoms with van der Waals surface area (Å²) in [6.45, 7) is 6.11. The number of nitrogens with one attached hydrogen (secondary N) is 1. The molecule has 1 amide bonds. The van der Waals surface area contributed by atoms with Crippen molar-refractivity contribution in [2.45, 2.75) is 58.8 Å². The topological polar surface area (TPSA) is 80.7 Å². The van der Waals surface area contributed by atoms with Crippen molar-refractivity contribution in [2.75, 3.05) is 5.32 Å². The summed E-state index contributed by atoms with van der Waals surface area (Å²) in [6, 6.07) is 0. The Morgan fingerprint density at radius 2 is 2.00 bits per heavy atom. The highest BCUT2D eigenvalue weighted by Crippen LogP contribution is 2.40. The van der Waals surface area contributed by atoms with Gasteiger partial charge in [0, 0.05) is 17.7 Å². The number of fused-ring (bicyclic) bond motifs is 1. The number of aromatic nitrogens is 4. The molecule has 1 aliphatic rings. The quantitative estimate of drug-likeness (QED) is 0.667. The van der Waals surface area contributed by atoms with Gasteiger partial charge in [0.1, 0.15) is 15.7 Å². The maximum Gasteiger partial charge on any atom is 0.267 e. The first-order valence-corrected chi connectivity index (χ1v) is 10.6. The van der Waals surface area contributed by atoms with Crippen LogP contribution in [-0.2, 0) is 6.42 Å². The fourth-order valence-corrected chi connectivity index (χ4v) is 4.90. The molecule has 26 heavy (non-hydrogen) atoms. The largest absolute Gasteiger partial charge is 0.296 e. The number of carbonyl (C=O) groups is 1. The molecule has 0 unspecified atom stereocenters. The minimum atomic E-state index is -0.143. The summed E-state index contributed by atoms with van der Waals surface area (Å²) in [7, 11) is 0. The van der Waals surface area contributed by atoms with E-state index in [1.807, 2.05) is 13.8 Å². The van der Waals surface area contributed by atoms with Gasteiger partial charge in [-0.2, -0.15) is 0 Å². The zero-order chi connectivity index (χ0) is 18.3. The molecule has 1 N–H and O–H groups in total. The number of carbonyl (C=O) groups excluding carboxylic acids is 1. The lowest BCUT2D eigenvalue weighted by atomic mass is 10.1. The summed E-state index contributed by atoms with van der Waals surface area (Å²) in [5.41, 5.74) is 1.90. The van der Waals surface area contributed by atoms with Crippen LogP contribution in [0.5, 0.6) is 0 Å². The second kappa shape index (κ2) is 7.00. The first-order chi connectivity index (χ1) is 12.6. The second-order valence-corrected chi connectivity index (χ2v) is 8.80. The lowest BCUT2D eigenvalue weighted by molar-refractivity contribution is 0.103. The number of thiophene rings is 1. The Morgan fingerprint density at radius 3 is 2.73 bits per heavy atom. The van der Waals surface area contributed by atoms with Crippen LogP contribution in [-0.4, -0.2) is 26.1 Å². The molecule has 1 saturated carbocycles. The van der Waals surface area contributed by atoms with Crippen LogP contribution in [0.2, 0.25) is 0 Å². The third kappa shape index (κ3) is 3.35. The number of hydrogen-bond acceptors (Lipinski definition) is 7. The molecule has 0 atom stereocenters. The van der Waals surface area contributed by atoms with Gasteiger partial charge in [0.15, 0.2) is 0 Å². The molecule has 3 aromatic heterocycles. The van der Waals surface area contributed by atoms with Gasteiger partial charge in [-0.05, 0) is 38.7 Å². The van der Waals surface area contributed by atoms with Crippen LogP contribution in [0.3, 0.4) is 0 Å². The van der Waals surface area contributed by atoms with Crippen molar-refractivity contribution in [1.82, 2.24) is 20.2 Å². The number of unbranched alkanes of at least 4 members (excludes halogenated alkanes) is 1. The maximum absolute atomic E-state index is 12.8. The van der Waals surface area contributed by atoms with Gasteiger partial charge in [0.25, 0.3) is 5.91 Å². The second-order valence-electron chi connectivity index (χ2n) is 6.74. The molecule has 0 saturated heterocycles. The van der Waals surface area contributed by atoms with Crippen molar-refractivity contribution in [3.8, 4) is 0 Å². The van der Waals surface area contributed by atoms with Crippen LogP contribution in [0, 0.1) is 13.8 Å². The smallest absolute Gasteiger partial charge is 0.267 e. The van der Waals surface area contributed by atoms with Gasteiger partial charge in [-0.25, -0.2) is 9.97 Å². The Morgan fingerprint density at radius 1 is 1.19 bits per heavy atom. The molecule has 0 radical (unpaired) electrons. The van der Waals surface area contributed by atoms with Gasteiger partial charge in [-0.1, -0.05) is 24.7 Å². The lowest BCUT2D eigenvalue weighted by Crippen LogP contribution is -2.11. The SMILES string of the molecule is CCCCc1nnc(NC(=O)c2sc3nc(C4CC4)nc(C)c3c2C)s1. The van der Waals surface area contributed by atoms with Gasteiger partial charge < -0.3 is 0 Å². The average Bonchev–Trinajstić information content (AvgIpc) is 3.29. The molecule has 0 aliphatic heterocycles. The summed E-state index contributed by atoms with van der Waals surface area (Å²) in [6.07, 6.45) is 5.44. The highest BCUT2D eigenvalue weighted by Gasteiger charge is 2.28. The minimum Gasteiger partial charge on any atom is -0.296 e. The highest BCUT2D eigenvalue weighted by atomic mass is 32.1. The molecular weight excluding hydrogens is 366 g/mol. The predicted molar refractivity (Wildman–Crippen MR) is 105 cm³/mol. The van der Waals surface area contributed by atoms with Crippen LogP contribution in [0.15, 0.2) is 0 Å². The van der Waals surface area contributed by atoms with Gasteiger partial charge in [0.05, 0.1) is 10.6 Å². The molecule has 1 fully saturated rings. The van der Waals surface area contributed by atoms with E-state index in [1.54, 1.807) is 0 Å². The molecular formula is C18H21N5OS2. The summed E-state index contributed by atoms with van der Waals surface area (Å²) in [5, 5.41) is 13.7. The molecule has 4 rings (SSSR count). The van der Waals surface area contributed by atoms with E-state index in [4.69, 9.17) is 4.98 Å². The predicted octanol–water partition coefficient (Wildman–Crippen LogP) is 4.63. The van der Waals surface area contributed by atoms with Crippen molar-refractivity contribution in [3.05, 3.63) is 27.0 Å². The molecule has 3 heterocycles. The number of nitrogens with zero attached hydrogens (tertiary/aromatic N) is 4. The van der Waals surface area contributed by atoms with Crippen LogP contribution in [0.1, 0.15) is 70.3 Å². The number of aryl methyl sites for hydroxylation is 3. The van der Waals surface area contributed by atoms with E-state index < -0.39 is 0 Å². The molecule has 6 nitrogen and oxygen atoms in total. The van der Waals surface area contributed by atoms with E-state index in [1.165, 1.54) is 35.5 Å². The van der Waals surface area contributed by atoms with Crippen LogP contribution in [0.4, 0.5) is 5.13 Å². The van der Waals surface area contributed by atoms with Gasteiger partial charge in [0.2, 0.25) is 5.13 Å². The van der Waals surface area contributed by atoms with E-state index in [0.717, 1.165) is 51.6 Å². The maximum atomic E-state index is 12.8. The Hall–Kier alpha value is -1.93. The number of rotatable bonds is 6. The summed E-state index contributed by atoms with van der Waals surface area (Å²) < 4.78 is 0. The Kier molecular flexibility index (Phi) is 4.71. The Balaban J connectivity index is 1.59. The monoisotopic (exact) mass is 387 g/mol. The molecule has 0 spiro atoms. The normalized spacial score (nSPS) is 14.1. The minimum absolute atomic E-state index is 0.143. The standard InChI is InChI=1S/C18H21N5OS2/c1-4-5-6-12-22-23-18(25-12)21-16(24)14-9(2)13-10(3)19-15(11-7-8-11)20-17(13)26-14/h11H,4-8H2,1-3H3,(H,21,23,24). The van der Waals surface area contributed by atoms with E-state index >= 15 is 0 Å². The van der Waals surface area contributed by atoms with Crippen LogP contribution in [0.25, 0.3) is 10.2 Å². The van der Waals surface area contributed by atoms with E-state index in [2.05, 4.69) is 27.4 Å². The van der Waals surface area contributed by atoms with Crippen molar-refractivity contribution in [2.24, 2.45) is 0 Å². The first kappa shape index (κ1) is 17.5. The fourth-order valence-electron chi connectivity index (χ4n) is 2.99. The van der Waals surface area contributed by atoms with Gasteiger partial charge in [-0.3, -0.25) is 10.1 Å². The van der Waals surface area contributed by atoms with Crippen molar-refractivity contribution < 1.29 is 4.79 Å². The lowest BCUT2D eigenvalue weighted by Gasteiger charge is -2.02. The van der Waals surface area contributed by atoms with Crippen molar-refractivity contribution in [1.29, 1.82) is 0 Å². The number of anilines is 1. The number of hydrogen-bond donors (Lipinski definition) is 1. The van der Waals surface area contributed by atoms with Crippen molar-refractivity contribution in [3.63, 3.8) is 0 Å². The zero-order valence-electron chi connectivity index (χ0n) is 15.1. The number of amides is 1. The fraction of sp³-hybridized carbons (Fsp3) is 0.500. The highest BCUT2D eigenvalue weighted by molar-refractivity contribution is 7.21. The summed E-state index contributed by atoms with van der Waals surface area (Å²) in [4.78, 5) is 23.7. The molecule has 8 heteroatoms. The molecule has 1 aliphatic carbocycles. The average molecular weight is 388 g/mol. The molecule has 0 aromatic carbocycles. The Bertz CT molecular complexity index is 974. The third-order valence-electron chi connectivity index (χ3n) is 4.57. The van der Waals surface area contributed by atoms with Gasteiger partial charge in [-0.15, -0.1) is 21.5 Å². The van der Waals surface area contributed by atoms with Gasteiger partial charge >= 0.3 is 0 Å². The van der Waals surface area contributed by atoms with E-state index in [-0.39, 0.29) is 5.91 Å². The molecule has 136 valence electrons. The van der Waals surface area contributed by atoms with Crippen LogP contribution >= 0.6 is 22.7 Å². The molecule has 0 bridgehead atoms. The van der Waals surface area contributed by atoms with E-state index in [0.29, 0.717) is 15.9 Å². The third-order valence-corrected chi connectivity index (χ3v) is 6.65. The summed E-state index contributed by atoms with van der Waals surface area (Å²) in [5.74, 6) is 1.28. The zero-order valence-corrected chi connectivity index (χ0v) is 16.8. The van der Waals surface area contributed by atoms with Crippen LogP contribution < -0.4 is 5.32 Å². The Labute approximate surface area is 160 Å². The van der Waals surface area contributed by atoms with E-state index in [9.17, 15) is 4.79 Å². The summed E-state index contributed by atoms with van der Waals surface area (Å²) >= 11 is 2.89.